The smallest absolute Gasteiger partial charge is 0.324 e. The fraction of sp³-hybridized carbons (Fsp3) is 0.714. The van der Waals surface area contributed by atoms with Gasteiger partial charge in [0.1, 0.15) is 6.04 Å². The maximum atomic E-state index is 11.8. The zero-order valence-electron chi connectivity index (χ0n) is 12.4. The fourth-order valence-electron chi connectivity index (χ4n) is 1.99. The van der Waals surface area contributed by atoms with Crippen LogP contribution in [0.2, 0.25) is 0 Å². The Hall–Kier alpha value is -1.36. The van der Waals surface area contributed by atoms with Gasteiger partial charge in [0.15, 0.2) is 0 Å². The van der Waals surface area contributed by atoms with Gasteiger partial charge in [0, 0.05) is 5.69 Å². The van der Waals surface area contributed by atoms with Gasteiger partial charge in [-0.3, -0.25) is 9.48 Å². The Labute approximate surface area is 115 Å². The van der Waals surface area contributed by atoms with E-state index in [2.05, 4.69) is 37.3 Å². The predicted octanol–water partition coefficient (Wildman–Crippen LogP) is 1.55. The SMILES string of the molecule is CCCNC(Cn1nc(CC)cc1CC)C(=O)OC. The molecule has 0 bridgehead atoms. The van der Waals surface area contributed by atoms with Crippen molar-refractivity contribution in [2.24, 2.45) is 0 Å². The highest BCUT2D eigenvalue weighted by Gasteiger charge is 2.20. The summed E-state index contributed by atoms with van der Waals surface area (Å²) in [5.74, 6) is -0.232. The van der Waals surface area contributed by atoms with E-state index in [9.17, 15) is 4.79 Å². The van der Waals surface area contributed by atoms with Crippen LogP contribution >= 0.6 is 0 Å². The summed E-state index contributed by atoms with van der Waals surface area (Å²) in [6.07, 6.45) is 2.80. The van der Waals surface area contributed by atoms with Crippen LogP contribution in [0.3, 0.4) is 0 Å². The lowest BCUT2D eigenvalue weighted by Crippen LogP contribution is -2.42. The van der Waals surface area contributed by atoms with Crippen molar-refractivity contribution in [1.82, 2.24) is 15.1 Å². The molecule has 1 rings (SSSR count). The minimum atomic E-state index is -0.333. The van der Waals surface area contributed by atoms with Crippen LogP contribution in [0.1, 0.15) is 38.6 Å². The van der Waals surface area contributed by atoms with Crippen LogP contribution in [0.5, 0.6) is 0 Å². The molecule has 0 aliphatic heterocycles. The maximum absolute atomic E-state index is 11.8. The molecule has 1 aromatic heterocycles. The summed E-state index contributed by atoms with van der Waals surface area (Å²) in [5.41, 5.74) is 2.22. The molecule has 0 saturated carbocycles. The molecule has 1 heterocycles. The molecule has 0 spiro atoms. The molecular weight excluding hydrogens is 242 g/mol. The van der Waals surface area contributed by atoms with Crippen LogP contribution < -0.4 is 5.32 Å². The van der Waals surface area contributed by atoms with Crippen molar-refractivity contribution in [3.8, 4) is 0 Å². The third-order valence-corrected chi connectivity index (χ3v) is 3.12. The van der Waals surface area contributed by atoms with Crippen LogP contribution in [0, 0.1) is 0 Å². The number of hydrogen-bond acceptors (Lipinski definition) is 4. The number of carbonyl (C=O) groups excluding carboxylic acids is 1. The largest absolute Gasteiger partial charge is 0.468 e. The van der Waals surface area contributed by atoms with Gasteiger partial charge in [-0.15, -0.1) is 0 Å². The molecule has 0 aromatic carbocycles. The first-order valence-electron chi connectivity index (χ1n) is 7.02. The van der Waals surface area contributed by atoms with Crippen molar-refractivity contribution in [1.29, 1.82) is 0 Å². The van der Waals surface area contributed by atoms with E-state index in [1.54, 1.807) is 0 Å². The van der Waals surface area contributed by atoms with Gasteiger partial charge in [-0.25, -0.2) is 0 Å². The van der Waals surface area contributed by atoms with Crippen LogP contribution in [-0.4, -0.2) is 35.4 Å². The van der Waals surface area contributed by atoms with E-state index in [4.69, 9.17) is 4.74 Å². The van der Waals surface area contributed by atoms with Crippen molar-refractivity contribution in [3.05, 3.63) is 17.5 Å². The van der Waals surface area contributed by atoms with Crippen molar-refractivity contribution in [3.63, 3.8) is 0 Å². The van der Waals surface area contributed by atoms with Crippen LogP contribution in [0.15, 0.2) is 6.07 Å². The number of aryl methyl sites for hydroxylation is 2. The number of rotatable bonds is 8. The zero-order valence-corrected chi connectivity index (χ0v) is 12.4. The third kappa shape index (κ3) is 4.35. The summed E-state index contributed by atoms with van der Waals surface area (Å²) in [7, 11) is 1.42. The van der Waals surface area contributed by atoms with E-state index in [0.29, 0.717) is 6.54 Å². The van der Waals surface area contributed by atoms with E-state index in [1.165, 1.54) is 7.11 Å². The molecule has 0 amide bonds. The number of ether oxygens (including phenoxy) is 1. The van der Waals surface area contributed by atoms with E-state index in [-0.39, 0.29) is 12.0 Å². The summed E-state index contributed by atoms with van der Waals surface area (Å²) in [4.78, 5) is 11.8. The number of hydrogen-bond donors (Lipinski definition) is 1. The molecule has 0 fully saturated rings. The van der Waals surface area contributed by atoms with E-state index in [0.717, 1.165) is 37.2 Å². The lowest BCUT2D eigenvalue weighted by Gasteiger charge is -2.17. The Balaban J connectivity index is 2.82. The Morgan fingerprint density at radius 1 is 1.42 bits per heavy atom. The Morgan fingerprint density at radius 2 is 2.16 bits per heavy atom. The van der Waals surface area contributed by atoms with Gasteiger partial charge < -0.3 is 10.1 Å². The second-order valence-electron chi connectivity index (χ2n) is 4.55. The van der Waals surface area contributed by atoms with Crippen LogP contribution in [0.4, 0.5) is 0 Å². The highest BCUT2D eigenvalue weighted by Crippen LogP contribution is 2.08. The molecule has 19 heavy (non-hydrogen) atoms. The lowest BCUT2D eigenvalue weighted by molar-refractivity contribution is -0.143. The topological polar surface area (TPSA) is 56.2 Å². The standard InChI is InChI=1S/C14H25N3O2/c1-5-8-15-13(14(18)19-4)10-17-12(7-3)9-11(6-2)16-17/h9,13,15H,5-8,10H2,1-4H3. The molecule has 1 atom stereocenters. The molecule has 5 nitrogen and oxygen atoms in total. The highest BCUT2D eigenvalue weighted by atomic mass is 16.5. The lowest BCUT2D eigenvalue weighted by atomic mass is 10.2. The molecular formula is C14H25N3O2. The quantitative estimate of drug-likeness (QED) is 0.726. The number of methoxy groups -OCH3 is 1. The monoisotopic (exact) mass is 267 g/mol. The summed E-state index contributed by atoms with van der Waals surface area (Å²) in [5, 5.41) is 7.74. The van der Waals surface area contributed by atoms with Crippen molar-refractivity contribution in [2.75, 3.05) is 13.7 Å². The number of nitrogens with one attached hydrogen (secondary N) is 1. The minimum absolute atomic E-state index is 0.232. The van der Waals surface area contributed by atoms with Crippen LogP contribution in [-0.2, 0) is 28.9 Å². The van der Waals surface area contributed by atoms with Gasteiger partial charge >= 0.3 is 5.97 Å². The molecule has 0 saturated heterocycles. The van der Waals surface area contributed by atoms with Gasteiger partial charge in [-0.1, -0.05) is 20.8 Å². The van der Waals surface area contributed by atoms with Gasteiger partial charge in [0.2, 0.25) is 0 Å². The van der Waals surface area contributed by atoms with E-state index in [1.807, 2.05) is 4.68 Å². The van der Waals surface area contributed by atoms with Gasteiger partial charge in [0.25, 0.3) is 0 Å². The average molecular weight is 267 g/mol. The maximum Gasteiger partial charge on any atom is 0.324 e. The summed E-state index contributed by atoms with van der Waals surface area (Å²) < 4.78 is 6.77. The summed E-state index contributed by atoms with van der Waals surface area (Å²) in [6, 6.07) is 1.77. The molecule has 0 radical (unpaired) electrons. The normalized spacial score (nSPS) is 12.4. The molecule has 108 valence electrons. The minimum Gasteiger partial charge on any atom is -0.468 e. The summed E-state index contributed by atoms with van der Waals surface area (Å²) >= 11 is 0. The molecule has 0 aliphatic rings. The van der Waals surface area contributed by atoms with Gasteiger partial charge in [-0.05, 0) is 31.9 Å². The number of aromatic nitrogens is 2. The molecule has 1 unspecified atom stereocenters. The van der Waals surface area contributed by atoms with Crippen molar-refractivity contribution in [2.45, 2.75) is 52.6 Å². The van der Waals surface area contributed by atoms with Crippen LogP contribution in [0.25, 0.3) is 0 Å². The second kappa shape index (κ2) is 7.94. The first kappa shape index (κ1) is 15.7. The molecule has 0 aliphatic carbocycles. The number of nitrogens with zero attached hydrogens (tertiary/aromatic N) is 2. The fourth-order valence-corrected chi connectivity index (χ4v) is 1.99. The van der Waals surface area contributed by atoms with Gasteiger partial charge in [0.05, 0.1) is 19.3 Å². The Bertz CT molecular complexity index is 401. The average Bonchev–Trinajstić information content (AvgIpc) is 2.84. The van der Waals surface area contributed by atoms with Crippen molar-refractivity contribution >= 4 is 5.97 Å². The number of carbonyl (C=O) groups is 1. The third-order valence-electron chi connectivity index (χ3n) is 3.12. The zero-order chi connectivity index (χ0) is 14.3. The molecule has 5 heteroatoms. The molecule has 1 N–H and O–H groups in total. The first-order valence-corrected chi connectivity index (χ1v) is 7.02. The van der Waals surface area contributed by atoms with Crippen molar-refractivity contribution < 1.29 is 9.53 Å². The predicted molar refractivity (Wildman–Crippen MR) is 75.1 cm³/mol. The second-order valence-corrected chi connectivity index (χ2v) is 4.55. The summed E-state index contributed by atoms with van der Waals surface area (Å²) in [6.45, 7) is 7.57. The van der Waals surface area contributed by atoms with E-state index >= 15 is 0 Å². The first-order chi connectivity index (χ1) is 9.15. The highest BCUT2D eigenvalue weighted by molar-refractivity contribution is 5.75. The van der Waals surface area contributed by atoms with Gasteiger partial charge in [-0.2, -0.15) is 5.10 Å². The Morgan fingerprint density at radius 3 is 2.68 bits per heavy atom. The number of esters is 1. The van der Waals surface area contributed by atoms with E-state index < -0.39 is 0 Å². The molecule has 1 aromatic rings. The Kier molecular flexibility index (Phi) is 6.56.